The molecule has 6 nitrogen and oxygen atoms in total. The van der Waals surface area contributed by atoms with Gasteiger partial charge in [-0.15, -0.1) is 0 Å². The van der Waals surface area contributed by atoms with Crippen molar-refractivity contribution in [1.82, 2.24) is 9.61 Å². The molecule has 1 saturated heterocycles. The van der Waals surface area contributed by atoms with Crippen molar-refractivity contribution in [1.29, 1.82) is 0 Å². The van der Waals surface area contributed by atoms with E-state index in [9.17, 15) is 10.1 Å². The number of aryl methyl sites for hydroxylation is 2. The normalized spacial score (nSPS) is 19.8. The van der Waals surface area contributed by atoms with Crippen LogP contribution in [-0.2, 0) is 6.42 Å². The van der Waals surface area contributed by atoms with Gasteiger partial charge in [0.2, 0.25) is 0 Å². The number of anilines is 1. The van der Waals surface area contributed by atoms with Crippen LogP contribution in [-0.4, -0.2) is 27.6 Å². The fourth-order valence-corrected chi connectivity index (χ4v) is 4.81. The average Bonchev–Trinajstić information content (AvgIpc) is 3.20. The molecule has 2 fully saturated rings. The number of hydrogen-bond donors (Lipinski definition) is 0. The van der Waals surface area contributed by atoms with E-state index in [2.05, 4.69) is 16.1 Å². The van der Waals surface area contributed by atoms with E-state index in [1.54, 1.807) is 4.52 Å². The lowest BCUT2D eigenvalue weighted by Gasteiger charge is -2.40. The average molecular weight is 342 g/mol. The van der Waals surface area contributed by atoms with Crippen LogP contribution >= 0.6 is 0 Å². The summed E-state index contributed by atoms with van der Waals surface area (Å²) in [6.45, 7) is 6.00. The molecule has 1 saturated carbocycles. The molecule has 1 aliphatic heterocycles. The highest BCUT2D eigenvalue weighted by atomic mass is 16.6. The molecule has 0 unspecified atom stereocenters. The molecule has 0 aromatic carbocycles. The van der Waals surface area contributed by atoms with Crippen LogP contribution in [0.4, 0.5) is 11.4 Å². The van der Waals surface area contributed by atoms with E-state index in [0.717, 1.165) is 24.5 Å². The minimum absolute atomic E-state index is 0.164. The summed E-state index contributed by atoms with van der Waals surface area (Å²) in [5.41, 5.74) is 3.98. The van der Waals surface area contributed by atoms with Crippen LogP contribution in [0.15, 0.2) is 12.1 Å². The number of fused-ring (bicyclic) bond motifs is 1. The second kappa shape index (κ2) is 6.00. The van der Waals surface area contributed by atoms with Gasteiger partial charge in [0.15, 0.2) is 0 Å². The summed E-state index contributed by atoms with van der Waals surface area (Å²) in [7, 11) is 0. The molecule has 3 heterocycles. The molecule has 0 N–H and O–H groups in total. The molecule has 1 aliphatic carbocycles. The van der Waals surface area contributed by atoms with Gasteiger partial charge >= 0.3 is 5.69 Å². The van der Waals surface area contributed by atoms with Gasteiger partial charge in [-0.05, 0) is 56.6 Å². The lowest BCUT2D eigenvalue weighted by Crippen LogP contribution is -2.38. The summed E-state index contributed by atoms with van der Waals surface area (Å²) in [4.78, 5) is 13.7. The van der Waals surface area contributed by atoms with E-state index in [4.69, 9.17) is 0 Å². The van der Waals surface area contributed by atoms with Gasteiger partial charge < -0.3 is 4.90 Å². The molecule has 0 bridgehead atoms. The topological polar surface area (TPSA) is 63.7 Å². The van der Waals surface area contributed by atoms with Crippen LogP contribution in [0.5, 0.6) is 0 Å². The number of rotatable bonds is 3. The fraction of sp³-hybridized carbons (Fsp3) is 0.632. The number of pyridine rings is 1. The second-order valence-corrected chi connectivity index (χ2v) is 7.75. The first kappa shape index (κ1) is 16.4. The van der Waals surface area contributed by atoms with E-state index < -0.39 is 0 Å². The third-order valence-corrected chi connectivity index (χ3v) is 6.31. The van der Waals surface area contributed by atoms with E-state index >= 15 is 0 Å². The predicted octanol–water partition coefficient (Wildman–Crippen LogP) is 4.27. The molecule has 6 heteroatoms. The standard InChI is InChI=1S/C19H26N4O2/c1-3-16-18(23(24)25)17-13-15(12-14(2)22(17)20-16)21-10-8-19(9-11-21)6-4-5-7-19/h12-13H,3-11H2,1-2H3. The Morgan fingerprint density at radius 3 is 2.48 bits per heavy atom. The van der Waals surface area contributed by atoms with Crippen LogP contribution in [0.2, 0.25) is 0 Å². The Labute approximate surface area is 148 Å². The lowest BCUT2D eigenvalue weighted by atomic mass is 9.77. The van der Waals surface area contributed by atoms with Crippen molar-refractivity contribution in [2.75, 3.05) is 18.0 Å². The van der Waals surface area contributed by atoms with Crippen molar-refractivity contribution < 1.29 is 4.92 Å². The van der Waals surface area contributed by atoms with Crippen LogP contribution in [0.3, 0.4) is 0 Å². The monoisotopic (exact) mass is 342 g/mol. The maximum absolute atomic E-state index is 11.6. The van der Waals surface area contributed by atoms with Crippen LogP contribution < -0.4 is 4.90 Å². The molecule has 0 radical (unpaired) electrons. The number of nitrogens with zero attached hydrogens (tertiary/aromatic N) is 4. The first-order valence-corrected chi connectivity index (χ1v) is 9.45. The Morgan fingerprint density at radius 1 is 1.20 bits per heavy atom. The highest BCUT2D eigenvalue weighted by molar-refractivity contribution is 5.73. The molecule has 1 spiro atoms. The predicted molar refractivity (Wildman–Crippen MR) is 98.3 cm³/mol. The first-order chi connectivity index (χ1) is 12.0. The minimum atomic E-state index is -0.284. The largest absolute Gasteiger partial charge is 0.371 e. The second-order valence-electron chi connectivity index (χ2n) is 7.75. The van der Waals surface area contributed by atoms with E-state index in [1.807, 2.05) is 19.9 Å². The molecule has 25 heavy (non-hydrogen) atoms. The van der Waals surface area contributed by atoms with Crippen LogP contribution in [0.1, 0.15) is 56.8 Å². The van der Waals surface area contributed by atoms with Gasteiger partial charge in [0.1, 0.15) is 11.2 Å². The van der Waals surface area contributed by atoms with Gasteiger partial charge in [0.25, 0.3) is 0 Å². The first-order valence-electron chi connectivity index (χ1n) is 9.45. The summed E-state index contributed by atoms with van der Waals surface area (Å²) in [5.74, 6) is 0. The summed E-state index contributed by atoms with van der Waals surface area (Å²) < 4.78 is 1.73. The maximum Gasteiger partial charge on any atom is 0.317 e. The molecule has 2 aliphatic rings. The number of nitro groups is 1. The highest BCUT2D eigenvalue weighted by Gasteiger charge is 2.37. The number of piperidine rings is 1. The Morgan fingerprint density at radius 2 is 1.88 bits per heavy atom. The zero-order chi connectivity index (χ0) is 17.6. The number of aromatic nitrogens is 2. The van der Waals surface area contributed by atoms with Gasteiger partial charge in [0, 0.05) is 24.5 Å². The van der Waals surface area contributed by atoms with Crippen molar-refractivity contribution in [2.24, 2.45) is 5.41 Å². The van der Waals surface area contributed by atoms with E-state index in [-0.39, 0.29) is 10.6 Å². The van der Waals surface area contributed by atoms with Crippen molar-refractivity contribution in [3.8, 4) is 0 Å². The van der Waals surface area contributed by atoms with Gasteiger partial charge in [-0.1, -0.05) is 19.8 Å². The summed E-state index contributed by atoms with van der Waals surface area (Å²) >= 11 is 0. The summed E-state index contributed by atoms with van der Waals surface area (Å²) in [6.07, 6.45) is 8.59. The molecular weight excluding hydrogens is 316 g/mol. The zero-order valence-electron chi connectivity index (χ0n) is 15.1. The van der Waals surface area contributed by atoms with Gasteiger partial charge in [-0.2, -0.15) is 5.10 Å². The van der Waals surface area contributed by atoms with E-state index in [0.29, 0.717) is 23.0 Å². The quantitative estimate of drug-likeness (QED) is 0.617. The van der Waals surface area contributed by atoms with Gasteiger partial charge in [-0.25, -0.2) is 4.52 Å². The van der Waals surface area contributed by atoms with Gasteiger partial charge in [-0.3, -0.25) is 10.1 Å². The Hall–Kier alpha value is -2.11. The molecule has 4 rings (SSSR count). The molecule has 0 amide bonds. The maximum atomic E-state index is 11.6. The molecule has 0 atom stereocenters. The Bertz CT molecular complexity index is 810. The van der Waals surface area contributed by atoms with Crippen molar-refractivity contribution in [2.45, 2.75) is 58.8 Å². The summed E-state index contributed by atoms with van der Waals surface area (Å²) in [5, 5.41) is 16.0. The smallest absolute Gasteiger partial charge is 0.317 e. The Kier molecular flexibility index (Phi) is 3.93. The van der Waals surface area contributed by atoms with Crippen molar-refractivity contribution >= 4 is 16.9 Å². The number of hydrogen-bond acceptors (Lipinski definition) is 4. The lowest BCUT2D eigenvalue weighted by molar-refractivity contribution is -0.383. The zero-order valence-corrected chi connectivity index (χ0v) is 15.1. The summed E-state index contributed by atoms with van der Waals surface area (Å²) in [6, 6.07) is 4.08. The third-order valence-electron chi connectivity index (χ3n) is 6.31. The van der Waals surface area contributed by atoms with Crippen LogP contribution in [0.25, 0.3) is 5.52 Å². The molecule has 134 valence electrons. The Balaban J connectivity index is 1.69. The van der Waals surface area contributed by atoms with Crippen LogP contribution in [0, 0.1) is 22.5 Å². The van der Waals surface area contributed by atoms with Gasteiger partial charge in [0.05, 0.1) is 4.92 Å². The van der Waals surface area contributed by atoms with Crippen molar-refractivity contribution in [3.63, 3.8) is 0 Å². The molecule has 2 aromatic heterocycles. The fourth-order valence-electron chi connectivity index (χ4n) is 4.81. The third kappa shape index (κ3) is 2.68. The minimum Gasteiger partial charge on any atom is -0.371 e. The molecular formula is C19H26N4O2. The molecule has 2 aromatic rings. The van der Waals surface area contributed by atoms with Crippen molar-refractivity contribution in [3.05, 3.63) is 33.6 Å². The van der Waals surface area contributed by atoms with E-state index in [1.165, 1.54) is 38.5 Å². The highest BCUT2D eigenvalue weighted by Crippen LogP contribution is 2.46. The SMILES string of the molecule is CCc1nn2c(C)cc(N3CCC4(CCCC4)CC3)cc2c1[N+](=O)[O-].